The van der Waals surface area contributed by atoms with Gasteiger partial charge < -0.3 is 15.0 Å². The number of fused-ring (bicyclic) bond motifs is 4. The predicted octanol–water partition coefficient (Wildman–Crippen LogP) is 3.17. The van der Waals surface area contributed by atoms with Gasteiger partial charge in [0.2, 0.25) is 5.91 Å². The molecule has 1 amide bonds. The monoisotopic (exact) mass is 469 g/mol. The Bertz CT molecular complexity index is 1210. The molecule has 1 atom stereocenters. The van der Waals surface area contributed by atoms with Gasteiger partial charge in [-0.15, -0.1) is 0 Å². The second-order valence-corrected chi connectivity index (χ2v) is 9.64. The molecule has 0 unspecified atom stereocenters. The van der Waals surface area contributed by atoms with Gasteiger partial charge >= 0.3 is 0 Å². The van der Waals surface area contributed by atoms with E-state index >= 15 is 0 Å². The minimum Gasteiger partial charge on any atom is -0.378 e. The molecule has 6 bridgehead atoms. The number of morpholine rings is 1. The average Bonchev–Trinajstić information content (AvgIpc) is 3.36. The number of nitrogens with zero attached hydrogens (tertiary/aromatic N) is 4. The first-order valence-electron chi connectivity index (χ1n) is 12.6. The number of ether oxygens (including phenoxy) is 1. The Morgan fingerprint density at radius 1 is 0.971 bits per heavy atom. The lowest BCUT2D eigenvalue weighted by Gasteiger charge is -2.32. The first kappa shape index (κ1) is 22.2. The fourth-order valence-electron chi connectivity index (χ4n) is 5.45. The Hall–Kier alpha value is -3.29. The van der Waals surface area contributed by atoms with Gasteiger partial charge in [-0.25, -0.2) is 9.97 Å². The minimum atomic E-state index is -0.0931. The summed E-state index contributed by atoms with van der Waals surface area (Å²) in [4.78, 5) is 27.4. The maximum atomic E-state index is 13.2. The topological polar surface area (TPSA) is 70.6 Å². The van der Waals surface area contributed by atoms with E-state index in [1.807, 2.05) is 12.3 Å². The predicted molar refractivity (Wildman–Crippen MR) is 135 cm³/mol. The molecule has 5 heterocycles. The Labute approximate surface area is 206 Å². The summed E-state index contributed by atoms with van der Waals surface area (Å²) in [5, 5.41) is 3.18. The Kier molecular flexibility index (Phi) is 6.19. The zero-order valence-electron chi connectivity index (χ0n) is 19.9. The van der Waals surface area contributed by atoms with Gasteiger partial charge in [0.15, 0.2) is 0 Å². The highest BCUT2D eigenvalue weighted by Crippen LogP contribution is 2.29. The molecule has 2 aromatic carbocycles. The van der Waals surface area contributed by atoms with Crippen molar-refractivity contribution in [3.8, 4) is 11.3 Å². The molecule has 4 aliphatic rings. The Balaban J connectivity index is 1.40. The molecule has 0 aliphatic carbocycles. The smallest absolute Gasteiger partial charge is 0.237 e. The summed E-state index contributed by atoms with van der Waals surface area (Å²) in [5.41, 5.74) is 6.75. The molecule has 7 heteroatoms. The normalized spacial score (nSPS) is 20.9. The fraction of sp³-hybridized carbons (Fsp3) is 0.393. The van der Waals surface area contributed by atoms with Crippen molar-refractivity contribution in [3.63, 3.8) is 0 Å². The molecule has 35 heavy (non-hydrogen) atoms. The maximum Gasteiger partial charge on any atom is 0.237 e. The van der Waals surface area contributed by atoms with E-state index in [1.54, 1.807) is 0 Å². The quantitative estimate of drug-likeness (QED) is 0.591. The summed E-state index contributed by atoms with van der Waals surface area (Å²) in [6.07, 6.45) is 4.46. The largest absolute Gasteiger partial charge is 0.378 e. The number of nitrogens with one attached hydrogen (secondary N) is 1. The average molecular weight is 470 g/mol. The molecule has 3 aromatic rings. The van der Waals surface area contributed by atoms with E-state index < -0.39 is 0 Å². The van der Waals surface area contributed by atoms with Gasteiger partial charge in [0, 0.05) is 50.0 Å². The zero-order valence-corrected chi connectivity index (χ0v) is 19.9. The van der Waals surface area contributed by atoms with Crippen LogP contribution in [0.4, 0.5) is 5.69 Å². The molecule has 7 nitrogen and oxygen atoms in total. The Morgan fingerprint density at radius 2 is 1.80 bits per heavy atom. The zero-order chi connectivity index (χ0) is 23.6. The Morgan fingerprint density at radius 3 is 2.66 bits per heavy atom. The van der Waals surface area contributed by atoms with Crippen LogP contribution in [0.15, 0.2) is 54.7 Å². The van der Waals surface area contributed by atoms with E-state index in [1.165, 1.54) is 16.8 Å². The summed E-state index contributed by atoms with van der Waals surface area (Å²) >= 11 is 0. The van der Waals surface area contributed by atoms with Crippen molar-refractivity contribution in [1.29, 1.82) is 0 Å². The lowest BCUT2D eigenvalue weighted by atomic mass is 10.0. The summed E-state index contributed by atoms with van der Waals surface area (Å²) < 4.78 is 5.60. The van der Waals surface area contributed by atoms with Crippen molar-refractivity contribution >= 4 is 11.6 Å². The first-order chi connectivity index (χ1) is 17.2. The van der Waals surface area contributed by atoms with E-state index in [0.29, 0.717) is 13.0 Å². The highest BCUT2D eigenvalue weighted by atomic mass is 16.5. The molecule has 4 aliphatic heterocycles. The number of amides is 1. The van der Waals surface area contributed by atoms with Gasteiger partial charge in [-0.3, -0.25) is 9.69 Å². The second kappa shape index (κ2) is 9.76. The van der Waals surface area contributed by atoms with E-state index in [2.05, 4.69) is 62.6 Å². The third-order valence-corrected chi connectivity index (χ3v) is 7.32. The molecule has 0 saturated carbocycles. The molecular weight excluding hydrogens is 438 g/mol. The third kappa shape index (κ3) is 4.79. The number of hydrogen-bond acceptors (Lipinski definition) is 6. The highest BCUT2D eigenvalue weighted by Gasteiger charge is 2.31. The summed E-state index contributed by atoms with van der Waals surface area (Å²) in [5.74, 6) is 0.939. The molecule has 7 rings (SSSR count). The van der Waals surface area contributed by atoms with Crippen LogP contribution in [0.2, 0.25) is 0 Å². The van der Waals surface area contributed by atoms with Gasteiger partial charge in [-0.1, -0.05) is 36.4 Å². The van der Waals surface area contributed by atoms with Crippen LogP contribution >= 0.6 is 0 Å². The molecule has 1 aromatic heterocycles. The van der Waals surface area contributed by atoms with Crippen LogP contribution in [0.3, 0.4) is 0 Å². The molecule has 2 fully saturated rings. The molecule has 1 N–H and O–H groups in total. The minimum absolute atomic E-state index is 0.0931. The van der Waals surface area contributed by atoms with Gasteiger partial charge in [0.25, 0.3) is 0 Å². The number of rotatable bonds is 1. The number of aromatic nitrogens is 2. The molecule has 2 saturated heterocycles. The fourth-order valence-corrected chi connectivity index (χ4v) is 5.45. The lowest BCUT2D eigenvalue weighted by molar-refractivity contribution is -0.125. The number of carbonyl (C=O) groups is 1. The van der Waals surface area contributed by atoms with Crippen LogP contribution in [0, 0.1) is 0 Å². The van der Waals surface area contributed by atoms with Gasteiger partial charge in [0.05, 0.1) is 24.9 Å². The van der Waals surface area contributed by atoms with Crippen molar-refractivity contribution in [2.24, 2.45) is 0 Å². The number of carbonyl (C=O) groups excluding carboxylic acids is 1. The van der Waals surface area contributed by atoms with Crippen molar-refractivity contribution in [2.45, 2.75) is 38.4 Å². The van der Waals surface area contributed by atoms with Crippen LogP contribution in [0.1, 0.15) is 35.4 Å². The van der Waals surface area contributed by atoms with E-state index in [9.17, 15) is 4.79 Å². The highest BCUT2D eigenvalue weighted by molar-refractivity contribution is 5.82. The molecule has 180 valence electrons. The number of anilines is 1. The number of hydrogen-bond donors (Lipinski definition) is 1. The first-order valence-corrected chi connectivity index (χ1v) is 12.6. The van der Waals surface area contributed by atoms with Crippen LogP contribution in [0.5, 0.6) is 0 Å². The second-order valence-electron chi connectivity index (χ2n) is 9.64. The van der Waals surface area contributed by atoms with E-state index in [-0.39, 0.29) is 11.9 Å². The van der Waals surface area contributed by atoms with Crippen LogP contribution < -0.4 is 10.2 Å². The van der Waals surface area contributed by atoms with Crippen LogP contribution in [-0.4, -0.2) is 59.7 Å². The molecular formula is C28H31N5O2. The summed E-state index contributed by atoms with van der Waals surface area (Å²) in [6.45, 7) is 5.50. The SMILES string of the molecule is O=C1NCc2ccc(cc2)-c2ccnc(n2)Cc2ccc(N3CCOCC3)c(c2)CN2CCC[C@@H]12. The van der Waals surface area contributed by atoms with Gasteiger partial charge in [0.1, 0.15) is 5.82 Å². The third-order valence-electron chi connectivity index (χ3n) is 7.32. The lowest BCUT2D eigenvalue weighted by Crippen LogP contribution is -2.43. The van der Waals surface area contributed by atoms with Crippen molar-refractivity contribution < 1.29 is 9.53 Å². The van der Waals surface area contributed by atoms with E-state index in [0.717, 1.165) is 74.9 Å². The van der Waals surface area contributed by atoms with Crippen LogP contribution in [-0.2, 0) is 29.0 Å². The van der Waals surface area contributed by atoms with Gasteiger partial charge in [-0.05, 0) is 48.2 Å². The summed E-state index contributed by atoms with van der Waals surface area (Å²) in [7, 11) is 0. The van der Waals surface area contributed by atoms with Gasteiger partial charge in [-0.2, -0.15) is 0 Å². The van der Waals surface area contributed by atoms with Crippen molar-refractivity contribution in [2.75, 3.05) is 37.7 Å². The maximum absolute atomic E-state index is 13.2. The summed E-state index contributed by atoms with van der Waals surface area (Å²) in [6, 6.07) is 16.9. The van der Waals surface area contributed by atoms with Crippen molar-refractivity contribution in [3.05, 3.63) is 77.2 Å². The molecule has 0 spiro atoms. The van der Waals surface area contributed by atoms with Crippen LogP contribution in [0.25, 0.3) is 11.3 Å². The molecule has 0 radical (unpaired) electrons. The number of benzene rings is 2. The van der Waals surface area contributed by atoms with E-state index in [4.69, 9.17) is 9.72 Å². The van der Waals surface area contributed by atoms with Crippen molar-refractivity contribution in [1.82, 2.24) is 20.2 Å². The standard InChI is InChI=1S/C28H31N5O2/c34-28-26-2-1-11-33(26)19-23-16-21(5-8-25(23)32-12-14-35-15-13-32)17-27-29-10-9-24(31-27)22-6-3-20(4-7-22)18-30-28/h3-10,16,26H,1-2,11-15,17-19H2,(H,30,34)/t26-/m0/s1.